The van der Waals surface area contributed by atoms with Gasteiger partial charge in [0.25, 0.3) is 0 Å². The van der Waals surface area contributed by atoms with E-state index in [0.29, 0.717) is 5.88 Å². The summed E-state index contributed by atoms with van der Waals surface area (Å²) in [6, 6.07) is 0. The summed E-state index contributed by atoms with van der Waals surface area (Å²) in [6.07, 6.45) is 5.34. The molecule has 0 bridgehead atoms. The first-order valence-electron chi connectivity index (χ1n) is 4.62. The number of nitrogens with zero attached hydrogens (tertiary/aromatic N) is 2. The third kappa shape index (κ3) is 2.18. The number of thiazole rings is 1. The lowest BCUT2D eigenvalue weighted by Gasteiger charge is -2.13. The lowest BCUT2D eigenvalue weighted by molar-refractivity contribution is 0.957. The second-order valence-electron chi connectivity index (χ2n) is 3.34. The Bertz CT molecular complexity index is 303. The molecule has 1 aromatic heterocycles. The maximum absolute atomic E-state index is 5.75. The summed E-state index contributed by atoms with van der Waals surface area (Å²) in [7, 11) is 0. The van der Waals surface area contributed by atoms with Crippen LogP contribution in [0.25, 0.3) is 0 Å². The molecule has 1 fully saturated rings. The summed E-state index contributed by atoms with van der Waals surface area (Å²) in [4.78, 5) is 7.91. The molecule has 5 heteroatoms. The van der Waals surface area contributed by atoms with Crippen LogP contribution in [-0.2, 0) is 5.88 Å². The average Bonchev–Trinajstić information content (AvgIpc) is 2.86. The molecule has 0 amide bonds. The fourth-order valence-corrected chi connectivity index (χ4v) is 3.30. The molecule has 78 valence electrons. The SMILES string of the molecule is CSC1CCN(c2ncc(CCl)s2)C1. The van der Waals surface area contributed by atoms with E-state index in [1.807, 2.05) is 18.0 Å². The van der Waals surface area contributed by atoms with Gasteiger partial charge in [-0.05, 0) is 12.7 Å². The zero-order chi connectivity index (χ0) is 9.97. The van der Waals surface area contributed by atoms with Gasteiger partial charge in [-0.3, -0.25) is 0 Å². The Morgan fingerprint density at radius 2 is 2.64 bits per heavy atom. The van der Waals surface area contributed by atoms with Crippen molar-refractivity contribution in [1.82, 2.24) is 4.98 Å². The Balaban J connectivity index is 2.02. The number of thioether (sulfide) groups is 1. The second kappa shape index (κ2) is 4.73. The maximum Gasteiger partial charge on any atom is 0.185 e. The van der Waals surface area contributed by atoms with Crippen LogP contribution in [0.5, 0.6) is 0 Å². The van der Waals surface area contributed by atoms with Crippen LogP contribution in [-0.4, -0.2) is 29.6 Å². The molecule has 2 nitrogen and oxygen atoms in total. The Kier molecular flexibility index (Phi) is 3.57. The third-order valence-electron chi connectivity index (χ3n) is 2.42. The highest BCUT2D eigenvalue weighted by molar-refractivity contribution is 7.99. The minimum atomic E-state index is 0.581. The highest BCUT2D eigenvalue weighted by Crippen LogP contribution is 2.29. The second-order valence-corrected chi connectivity index (χ2v) is 5.83. The normalized spacial score (nSPS) is 21.9. The van der Waals surface area contributed by atoms with E-state index in [4.69, 9.17) is 11.6 Å². The van der Waals surface area contributed by atoms with Crippen LogP contribution in [0.1, 0.15) is 11.3 Å². The van der Waals surface area contributed by atoms with Crippen molar-refractivity contribution in [2.24, 2.45) is 0 Å². The standard InChI is InChI=1S/C9H13ClN2S2/c1-13-7-2-3-12(6-7)9-11-5-8(4-10)14-9/h5,7H,2-4,6H2,1H3. The van der Waals surface area contributed by atoms with Crippen LogP contribution in [0.2, 0.25) is 0 Å². The van der Waals surface area contributed by atoms with Crippen molar-refractivity contribution < 1.29 is 0 Å². The van der Waals surface area contributed by atoms with Crippen molar-refractivity contribution in [1.29, 1.82) is 0 Å². The molecule has 1 aliphatic rings. The van der Waals surface area contributed by atoms with Crippen molar-refractivity contribution in [3.63, 3.8) is 0 Å². The quantitative estimate of drug-likeness (QED) is 0.766. The molecular weight excluding hydrogens is 236 g/mol. The first-order chi connectivity index (χ1) is 6.83. The van der Waals surface area contributed by atoms with Gasteiger partial charge in [-0.1, -0.05) is 0 Å². The maximum atomic E-state index is 5.75. The predicted octanol–water partition coefficient (Wildman–Crippen LogP) is 2.82. The van der Waals surface area contributed by atoms with Crippen LogP contribution < -0.4 is 4.90 Å². The Hall–Kier alpha value is 0.0700. The van der Waals surface area contributed by atoms with E-state index in [9.17, 15) is 0 Å². The molecule has 1 atom stereocenters. The number of alkyl halides is 1. The van der Waals surface area contributed by atoms with Crippen molar-refractivity contribution in [2.45, 2.75) is 17.6 Å². The number of anilines is 1. The van der Waals surface area contributed by atoms with Gasteiger partial charge in [0.15, 0.2) is 5.13 Å². The summed E-state index contributed by atoms with van der Waals surface area (Å²) >= 11 is 9.42. The zero-order valence-electron chi connectivity index (χ0n) is 8.07. The summed E-state index contributed by atoms with van der Waals surface area (Å²) in [5.74, 6) is 0.581. The molecule has 1 aliphatic heterocycles. The molecule has 1 aromatic rings. The van der Waals surface area contributed by atoms with Gasteiger partial charge in [0.1, 0.15) is 0 Å². The Morgan fingerprint density at radius 1 is 1.79 bits per heavy atom. The lowest BCUT2D eigenvalue weighted by atomic mass is 10.4. The van der Waals surface area contributed by atoms with Crippen LogP contribution >= 0.6 is 34.7 Å². The van der Waals surface area contributed by atoms with Gasteiger partial charge in [0, 0.05) is 29.4 Å². The molecule has 1 unspecified atom stereocenters. The van der Waals surface area contributed by atoms with Crippen molar-refractivity contribution in [3.8, 4) is 0 Å². The van der Waals surface area contributed by atoms with E-state index >= 15 is 0 Å². The number of halogens is 1. The number of hydrogen-bond acceptors (Lipinski definition) is 4. The Morgan fingerprint density at radius 3 is 3.21 bits per heavy atom. The van der Waals surface area contributed by atoms with Gasteiger partial charge >= 0.3 is 0 Å². The molecule has 1 saturated heterocycles. The van der Waals surface area contributed by atoms with Crippen molar-refractivity contribution >= 4 is 39.8 Å². The van der Waals surface area contributed by atoms with Gasteiger partial charge in [0.2, 0.25) is 0 Å². The minimum absolute atomic E-state index is 0.581. The zero-order valence-corrected chi connectivity index (χ0v) is 10.5. The van der Waals surface area contributed by atoms with Gasteiger partial charge < -0.3 is 4.90 Å². The monoisotopic (exact) mass is 248 g/mol. The van der Waals surface area contributed by atoms with Crippen LogP contribution in [0.15, 0.2) is 6.20 Å². The van der Waals surface area contributed by atoms with E-state index in [1.54, 1.807) is 11.3 Å². The Labute approximate surface area is 97.7 Å². The van der Waals surface area contributed by atoms with Crippen molar-refractivity contribution in [2.75, 3.05) is 24.2 Å². The van der Waals surface area contributed by atoms with Crippen LogP contribution in [0.3, 0.4) is 0 Å². The summed E-state index contributed by atoms with van der Waals surface area (Å²) in [5, 5.41) is 1.91. The van der Waals surface area contributed by atoms with Crippen LogP contribution in [0, 0.1) is 0 Å². The number of hydrogen-bond donors (Lipinski definition) is 0. The molecule has 2 heterocycles. The smallest absolute Gasteiger partial charge is 0.185 e. The van der Waals surface area contributed by atoms with E-state index in [-0.39, 0.29) is 0 Å². The first kappa shape index (κ1) is 10.6. The lowest BCUT2D eigenvalue weighted by Crippen LogP contribution is -2.19. The topological polar surface area (TPSA) is 16.1 Å². The van der Waals surface area contributed by atoms with Gasteiger partial charge in [0.05, 0.1) is 5.88 Å². The van der Waals surface area contributed by atoms with Crippen molar-refractivity contribution in [3.05, 3.63) is 11.1 Å². The molecule has 0 aromatic carbocycles. The van der Waals surface area contributed by atoms with Gasteiger partial charge in [-0.15, -0.1) is 22.9 Å². The van der Waals surface area contributed by atoms with E-state index in [1.165, 1.54) is 6.42 Å². The van der Waals surface area contributed by atoms with E-state index in [0.717, 1.165) is 28.3 Å². The molecule has 0 radical (unpaired) electrons. The molecule has 0 N–H and O–H groups in total. The van der Waals surface area contributed by atoms with Gasteiger partial charge in [-0.2, -0.15) is 11.8 Å². The summed E-state index contributed by atoms with van der Waals surface area (Å²) in [5.41, 5.74) is 0. The number of rotatable bonds is 3. The van der Waals surface area contributed by atoms with Gasteiger partial charge in [-0.25, -0.2) is 4.98 Å². The van der Waals surface area contributed by atoms with E-state index in [2.05, 4.69) is 16.1 Å². The number of aromatic nitrogens is 1. The fourth-order valence-electron chi connectivity index (χ4n) is 1.60. The third-order valence-corrected chi connectivity index (χ3v) is 4.98. The molecule has 14 heavy (non-hydrogen) atoms. The highest BCUT2D eigenvalue weighted by Gasteiger charge is 2.23. The average molecular weight is 249 g/mol. The first-order valence-corrected chi connectivity index (χ1v) is 7.25. The van der Waals surface area contributed by atoms with E-state index < -0.39 is 0 Å². The largest absolute Gasteiger partial charge is 0.347 e. The predicted molar refractivity (Wildman–Crippen MR) is 65.8 cm³/mol. The summed E-state index contributed by atoms with van der Waals surface area (Å²) < 4.78 is 0. The molecule has 0 saturated carbocycles. The molecule has 0 aliphatic carbocycles. The van der Waals surface area contributed by atoms with Crippen LogP contribution in [0.4, 0.5) is 5.13 Å². The fraction of sp³-hybridized carbons (Fsp3) is 0.667. The summed E-state index contributed by atoms with van der Waals surface area (Å²) in [6.45, 7) is 2.27. The molecule has 0 spiro atoms. The molecule has 2 rings (SSSR count). The minimum Gasteiger partial charge on any atom is -0.347 e. The highest BCUT2D eigenvalue weighted by atomic mass is 35.5. The molecular formula is C9H13ClN2S2.